The molecule has 0 saturated carbocycles. The van der Waals surface area contributed by atoms with E-state index in [-0.39, 0.29) is 0 Å². The van der Waals surface area contributed by atoms with Gasteiger partial charge in [-0.25, -0.2) is 9.97 Å². The molecule has 0 saturated heterocycles. The van der Waals surface area contributed by atoms with Crippen LogP contribution in [0.4, 0.5) is 17.1 Å². The standard InChI is InChI=1S/C56H34N4S2/c1-2-10-35(11-3-1)49-34-50(59-55(58-49)38-19-17-36(18-20-38)48-16-8-9-27-57-48)37-21-23-43(24-22-37)60-51-32-41-14-6-4-12-39(41)30-46(51)56(44-25-28-61-53(44)54-45(56)26-29-62-54)47-31-40-13-5-7-15-42(40)33-52(47)60/h1-34H. The van der Waals surface area contributed by atoms with Crippen LogP contribution >= 0.6 is 22.7 Å². The number of hydrogen-bond acceptors (Lipinski definition) is 6. The minimum atomic E-state index is -0.457. The van der Waals surface area contributed by atoms with Gasteiger partial charge in [-0.15, -0.1) is 22.7 Å². The summed E-state index contributed by atoms with van der Waals surface area (Å²) in [6.45, 7) is 0. The van der Waals surface area contributed by atoms with Crippen LogP contribution in [0.5, 0.6) is 0 Å². The highest BCUT2D eigenvalue weighted by Crippen LogP contribution is 2.66. The molecular formula is C56H34N4S2. The Morgan fingerprint density at radius 2 is 0.871 bits per heavy atom. The van der Waals surface area contributed by atoms with Crippen molar-refractivity contribution in [2.75, 3.05) is 4.90 Å². The van der Waals surface area contributed by atoms with Gasteiger partial charge in [0.1, 0.15) is 0 Å². The summed E-state index contributed by atoms with van der Waals surface area (Å²) in [5, 5.41) is 9.48. The highest BCUT2D eigenvalue weighted by atomic mass is 32.1. The number of pyridine rings is 1. The van der Waals surface area contributed by atoms with Gasteiger partial charge in [0.25, 0.3) is 0 Å². The first-order chi connectivity index (χ1) is 30.7. The molecule has 0 atom stereocenters. The zero-order valence-electron chi connectivity index (χ0n) is 33.2. The molecule has 62 heavy (non-hydrogen) atoms. The van der Waals surface area contributed by atoms with Gasteiger partial charge in [0.2, 0.25) is 0 Å². The van der Waals surface area contributed by atoms with Crippen molar-refractivity contribution in [3.05, 3.63) is 227 Å². The van der Waals surface area contributed by atoms with E-state index in [2.05, 4.69) is 184 Å². The number of anilines is 3. The Kier molecular flexibility index (Phi) is 7.83. The second kappa shape index (κ2) is 13.8. The van der Waals surface area contributed by atoms with E-state index in [1.807, 2.05) is 53.1 Å². The van der Waals surface area contributed by atoms with Crippen LogP contribution in [-0.2, 0) is 5.41 Å². The molecule has 1 aliphatic carbocycles. The Hall–Kier alpha value is -7.51. The molecule has 6 heteroatoms. The Balaban J connectivity index is 0.993. The molecule has 0 radical (unpaired) electrons. The summed E-state index contributed by atoms with van der Waals surface area (Å²) in [7, 11) is 0. The second-order valence-corrected chi connectivity index (χ2v) is 17.8. The van der Waals surface area contributed by atoms with Gasteiger partial charge >= 0.3 is 0 Å². The molecule has 0 fully saturated rings. The van der Waals surface area contributed by atoms with E-state index in [0.717, 1.165) is 45.0 Å². The summed E-state index contributed by atoms with van der Waals surface area (Å²) in [4.78, 5) is 20.2. The van der Waals surface area contributed by atoms with E-state index in [9.17, 15) is 0 Å². The van der Waals surface area contributed by atoms with Gasteiger partial charge in [0.15, 0.2) is 5.82 Å². The number of hydrogen-bond donors (Lipinski definition) is 0. The molecule has 2 aliphatic rings. The van der Waals surface area contributed by atoms with E-state index in [0.29, 0.717) is 5.82 Å². The summed E-state index contributed by atoms with van der Waals surface area (Å²) in [5.41, 5.74) is 15.1. The molecule has 0 bridgehead atoms. The van der Waals surface area contributed by atoms with Crippen molar-refractivity contribution >= 4 is 61.3 Å². The highest BCUT2D eigenvalue weighted by molar-refractivity contribution is 7.21. The maximum absolute atomic E-state index is 5.23. The van der Waals surface area contributed by atoms with Crippen molar-refractivity contribution < 1.29 is 0 Å². The summed E-state index contributed by atoms with van der Waals surface area (Å²) in [6, 6.07) is 67.9. The SMILES string of the molecule is c1ccc(-c2cc(-c3ccc(N4c5cc6ccccc6cc5C5(c6cc7ccccc7cc64)c4ccsc4-c4sccc45)cc3)nc(-c3ccc(-c4ccccn4)cc3)n2)cc1. The molecule has 1 spiro atoms. The van der Waals surface area contributed by atoms with Gasteiger partial charge < -0.3 is 4.90 Å². The van der Waals surface area contributed by atoms with Crippen LogP contribution < -0.4 is 4.90 Å². The first-order valence-corrected chi connectivity index (χ1v) is 22.6. The van der Waals surface area contributed by atoms with Crippen LogP contribution in [0.25, 0.3) is 76.5 Å². The van der Waals surface area contributed by atoms with Gasteiger partial charge in [-0.1, -0.05) is 121 Å². The summed E-state index contributed by atoms with van der Waals surface area (Å²) in [6.07, 6.45) is 1.82. The molecule has 0 amide bonds. The third-order valence-electron chi connectivity index (χ3n) is 12.7. The molecule has 1 aliphatic heterocycles. The van der Waals surface area contributed by atoms with E-state index in [1.165, 1.54) is 64.9 Å². The average molecular weight is 827 g/mol. The van der Waals surface area contributed by atoms with E-state index < -0.39 is 5.41 Å². The fourth-order valence-corrected chi connectivity index (χ4v) is 12.0. The van der Waals surface area contributed by atoms with Crippen molar-refractivity contribution in [3.8, 4) is 54.9 Å². The number of aromatic nitrogens is 3. The number of fused-ring (bicyclic) bond motifs is 11. The Labute approximate surface area is 366 Å². The van der Waals surface area contributed by atoms with Gasteiger partial charge in [0, 0.05) is 43.9 Å². The van der Waals surface area contributed by atoms with E-state index >= 15 is 0 Å². The summed E-state index contributed by atoms with van der Waals surface area (Å²) >= 11 is 3.73. The first kappa shape index (κ1) is 35.3. The first-order valence-electron chi connectivity index (χ1n) is 20.8. The van der Waals surface area contributed by atoms with Gasteiger partial charge in [-0.2, -0.15) is 0 Å². The number of benzene rings is 7. The lowest BCUT2D eigenvalue weighted by molar-refractivity contribution is 0.759. The highest BCUT2D eigenvalue weighted by Gasteiger charge is 2.53. The zero-order valence-corrected chi connectivity index (χ0v) is 34.9. The van der Waals surface area contributed by atoms with Crippen LogP contribution in [0.1, 0.15) is 22.3 Å². The third kappa shape index (κ3) is 5.27. The molecule has 13 rings (SSSR count). The van der Waals surface area contributed by atoms with Gasteiger partial charge in [-0.05, 0) is 121 Å². The normalized spacial score (nSPS) is 13.3. The number of nitrogens with zero attached hydrogens (tertiary/aromatic N) is 4. The lowest BCUT2D eigenvalue weighted by atomic mass is 9.64. The quantitative estimate of drug-likeness (QED) is 0.173. The topological polar surface area (TPSA) is 41.9 Å². The lowest BCUT2D eigenvalue weighted by Crippen LogP contribution is -2.36. The smallest absolute Gasteiger partial charge is 0.160 e. The molecule has 4 nitrogen and oxygen atoms in total. The number of thiophene rings is 2. The van der Waals surface area contributed by atoms with Crippen molar-refractivity contribution in [1.82, 2.24) is 15.0 Å². The maximum atomic E-state index is 5.23. The fraction of sp³-hybridized carbons (Fsp3) is 0.0179. The molecule has 7 aromatic carbocycles. The molecule has 11 aromatic rings. The summed E-state index contributed by atoms with van der Waals surface area (Å²) < 4.78 is 0. The molecule has 290 valence electrons. The molecule has 5 heterocycles. The third-order valence-corrected chi connectivity index (χ3v) is 14.7. The molecule has 0 unspecified atom stereocenters. The Bertz CT molecular complexity index is 3390. The molecule has 4 aromatic heterocycles. The van der Waals surface area contributed by atoms with E-state index in [4.69, 9.17) is 9.97 Å². The zero-order chi connectivity index (χ0) is 40.8. The van der Waals surface area contributed by atoms with Gasteiger partial charge in [-0.3, -0.25) is 4.98 Å². The largest absolute Gasteiger partial charge is 0.310 e. The monoisotopic (exact) mass is 826 g/mol. The number of rotatable bonds is 5. The van der Waals surface area contributed by atoms with Crippen molar-refractivity contribution in [2.24, 2.45) is 0 Å². The maximum Gasteiger partial charge on any atom is 0.160 e. The van der Waals surface area contributed by atoms with E-state index in [1.54, 1.807) is 0 Å². The van der Waals surface area contributed by atoms with Crippen LogP contribution in [0.2, 0.25) is 0 Å². The van der Waals surface area contributed by atoms with Crippen LogP contribution in [0.15, 0.2) is 205 Å². The lowest BCUT2D eigenvalue weighted by Gasteiger charge is -2.45. The second-order valence-electron chi connectivity index (χ2n) is 16.0. The van der Waals surface area contributed by atoms with Crippen LogP contribution in [-0.4, -0.2) is 15.0 Å². The van der Waals surface area contributed by atoms with Crippen molar-refractivity contribution in [3.63, 3.8) is 0 Å². The van der Waals surface area contributed by atoms with Crippen LogP contribution in [0.3, 0.4) is 0 Å². The average Bonchev–Trinajstić information content (AvgIpc) is 4.08. The molecular weight excluding hydrogens is 793 g/mol. The fourth-order valence-electron chi connectivity index (χ4n) is 9.85. The van der Waals surface area contributed by atoms with Crippen molar-refractivity contribution in [1.29, 1.82) is 0 Å². The van der Waals surface area contributed by atoms with Crippen molar-refractivity contribution in [2.45, 2.75) is 5.41 Å². The Morgan fingerprint density at radius 3 is 1.44 bits per heavy atom. The minimum absolute atomic E-state index is 0.457. The van der Waals surface area contributed by atoms with Crippen LogP contribution in [0, 0.1) is 0 Å². The molecule has 0 N–H and O–H groups in total. The summed E-state index contributed by atoms with van der Waals surface area (Å²) in [5.74, 6) is 0.679. The minimum Gasteiger partial charge on any atom is -0.310 e. The van der Waals surface area contributed by atoms with Gasteiger partial charge in [0.05, 0.1) is 33.9 Å². The Morgan fingerprint density at radius 1 is 0.387 bits per heavy atom. The predicted octanol–water partition coefficient (Wildman–Crippen LogP) is 15.1. The predicted molar refractivity (Wildman–Crippen MR) is 258 cm³/mol.